The lowest BCUT2D eigenvalue weighted by atomic mass is 10.00. The molecule has 0 radical (unpaired) electrons. The Bertz CT molecular complexity index is 601. The number of ether oxygens (including phenoxy) is 1. The second-order valence-electron chi connectivity index (χ2n) is 3.84. The number of aromatic hydroxyl groups is 1. The number of benzene rings is 2. The summed E-state index contributed by atoms with van der Waals surface area (Å²) in [5, 5.41) is 11.6. The Morgan fingerprint density at radius 2 is 1.65 bits per heavy atom. The van der Waals surface area contributed by atoms with Crippen molar-refractivity contribution >= 4 is 16.7 Å². The molecule has 126 valence electrons. The van der Waals surface area contributed by atoms with E-state index in [1.165, 1.54) is 7.11 Å². The number of carbonyl (C=O) groups is 1. The van der Waals surface area contributed by atoms with Crippen molar-refractivity contribution in [2.24, 2.45) is 0 Å². The summed E-state index contributed by atoms with van der Waals surface area (Å²) < 4.78 is 4.68. The Hall–Kier alpha value is -2.55. The van der Waals surface area contributed by atoms with Crippen LogP contribution in [0.2, 0.25) is 0 Å². The summed E-state index contributed by atoms with van der Waals surface area (Å²) in [6.45, 7) is 18.0. The summed E-state index contributed by atoms with van der Waals surface area (Å²) in [6.07, 6.45) is 0.751. The summed E-state index contributed by atoms with van der Waals surface area (Å²) in [4.78, 5) is 11.4. The van der Waals surface area contributed by atoms with Crippen molar-refractivity contribution in [1.29, 1.82) is 0 Å². The Balaban J connectivity index is 0. The van der Waals surface area contributed by atoms with Crippen molar-refractivity contribution in [3.8, 4) is 5.75 Å². The van der Waals surface area contributed by atoms with E-state index in [2.05, 4.69) is 31.1 Å². The Morgan fingerprint density at radius 3 is 2.13 bits per heavy atom. The third kappa shape index (κ3) is 5.99. The molecule has 0 amide bonds. The highest BCUT2D eigenvalue weighted by Gasteiger charge is 2.09. The predicted octanol–water partition coefficient (Wildman–Crippen LogP) is 5.53. The number of methoxy groups -OCH3 is 1. The van der Waals surface area contributed by atoms with Crippen LogP contribution in [0.15, 0.2) is 56.6 Å². The number of phenols is 1. The zero-order valence-electron chi connectivity index (χ0n) is 14.7. The molecule has 2 aromatic rings. The van der Waals surface area contributed by atoms with Crippen molar-refractivity contribution in [2.45, 2.75) is 27.2 Å². The number of hydrogen-bond acceptors (Lipinski definition) is 3. The number of phenolic OH excluding ortho intramolecular Hbond substituents is 1. The lowest BCUT2D eigenvalue weighted by Crippen LogP contribution is -2.00. The number of esters is 1. The van der Waals surface area contributed by atoms with Crippen LogP contribution in [0.5, 0.6) is 5.75 Å². The number of carbonyl (C=O) groups excluding carboxylic acids is 1. The van der Waals surface area contributed by atoms with Gasteiger partial charge < -0.3 is 9.84 Å². The first-order valence-corrected chi connectivity index (χ1v) is 7.50. The van der Waals surface area contributed by atoms with Crippen LogP contribution in [0.3, 0.4) is 0 Å². The number of rotatable bonds is 2. The van der Waals surface area contributed by atoms with E-state index in [4.69, 9.17) is 0 Å². The maximum atomic E-state index is 11.4. The molecular formula is C20H28O3. The average molecular weight is 316 g/mol. The van der Waals surface area contributed by atoms with Crippen LogP contribution < -0.4 is 0 Å². The summed E-state index contributed by atoms with van der Waals surface area (Å²) >= 11 is 0. The third-order valence-corrected chi connectivity index (χ3v) is 2.88. The van der Waals surface area contributed by atoms with E-state index in [0.29, 0.717) is 11.3 Å². The van der Waals surface area contributed by atoms with Crippen LogP contribution in [0.4, 0.5) is 0 Å². The van der Waals surface area contributed by atoms with Crippen LogP contribution in [0.25, 0.3) is 10.8 Å². The first kappa shape index (κ1) is 22.7. The minimum Gasteiger partial charge on any atom is -0.508 e. The maximum Gasteiger partial charge on any atom is 0.337 e. The van der Waals surface area contributed by atoms with Crippen molar-refractivity contribution in [3.05, 3.63) is 67.8 Å². The SMILES string of the molecule is C=C.C=C.CC.CCc1c(O)ccc2cc(C(=O)OC)ccc12. The Labute approximate surface area is 139 Å². The van der Waals surface area contributed by atoms with Gasteiger partial charge in [0, 0.05) is 5.56 Å². The molecule has 2 aromatic carbocycles. The third-order valence-electron chi connectivity index (χ3n) is 2.88. The highest BCUT2D eigenvalue weighted by Crippen LogP contribution is 2.28. The number of aryl methyl sites for hydroxylation is 1. The molecule has 0 aliphatic rings. The van der Waals surface area contributed by atoms with Crippen LogP contribution in [-0.2, 0) is 11.2 Å². The quantitative estimate of drug-likeness (QED) is 0.585. The van der Waals surface area contributed by atoms with Crippen molar-refractivity contribution in [3.63, 3.8) is 0 Å². The van der Waals surface area contributed by atoms with Gasteiger partial charge in [0.1, 0.15) is 5.75 Å². The topological polar surface area (TPSA) is 46.5 Å². The van der Waals surface area contributed by atoms with E-state index < -0.39 is 0 Å². The van der Waals surface area contributed by atoms with Crippen LogP contribution in [-0.4, -0.2) is 18.2 Å². The standard InChI is InChI=1S/C14H14O3.C2H6.2C2H4/c1-3-11-12-6-4-10(14(16)17-2)8-9(12)5-7-13(11)15;3*1-2/h4-8,15H,3H2,1-2H3;1-2H3;2*1-2H2. The number of hydrogen-bond donors (Lipinski definition) is 1. The van der Waals surface area contributed by atoms with Crippen molar-refractivity contribution in [2.75, 3.05) is 7.11 Å². The van der Waals surface area contributed by atoms with E-state index in [1.54, 1.807) is 24.3 Å². The summed E-state index contributed by atoms with van der Waals surface area (Å²) in [7, 11) is 1.36. The predicted molar refractivity (Wildman–Crippen MR) is 100 cm³/mol. The molecule has 0 fully saturated rings. The fraction of sp³-hybridized carbons (Fsp3) is 0.250. The molecule has 0 saturated heterocycles. The van der Waals surface area contributed by atoms with E-state index in [-0.39, 0.29) is 5.97 Å². The lowest BCUT2D eigenvalue weighted by molar-refractivity contribution is 0.0601. The zero-order valence-corrected chi connectivity index (χ0v) is 14.7. The van der Waals surface area contributed by atoms with Gasteiger partial charge in [-0.05, 0) is 35.4 Å². The molecule has 0 heterocycles. The van der Waals surface area contributed by atoms with Gasteiger partial charge in [0.25, 0.3) is 0 Å². The molecule has 0 aromatic heterocycles. The first-order valence-electron chi connectivity index (χ1n) is 7.50. The monoisotopic (exact) mass is 316 g/mol. The van der Waals surface area contributed by atoms with Crippen molar-refractivity contribution < 1.29 is 14.6 Å². The van der Waals surface area contributed by atoms with Gasteiger partial charge in [0.2, 0.25) is 0 Å². The molecule has 3 heteroatoms. The largest absolute Gasteiger partial charge is 0.508 e. The first-order chi connectivity index (χ1) is 11.2. The Kier molecular flexibility index (Phi) is 13.0. The minimum atomic E-state index is -0.349. The fourth-order valence-corrected chi connectivity index (χ4v) is 2.00. The molecule has 0 bridgehead atoms. The molecule has 0 atom stereocenters. The normalized spacial score (nSPS) is 8.35. The molecule has 0 saturated carbocycles. The fourth-order valence-electron chi connectivity index (χ4n) is 2.00. The van der Waals surface area contributed by atoms with Crippen LogP contribution in [0.1, 0.15) is 36.7 Å². The smallest absolute Gasteiger partial charge is 0.337 e. The highest BCUT2D eigenvalue weighted by molar-refractivity contribution is 5.96. The van der Waals surface area contributed by atoms with Crippen LogP contribution >= 0.6 is 0 Å². The summed E-state index contributed by atoms with van der Waals surface area (Å²) in [5.74, 6) is -0.0520. The summed E-state index contributed by atoms with van der Waals surface area (Å²) in [5.41, 5.74) is 1.42. The second-order valence-corrected chi connectivity index (χ2v) is 3.84. The second kappa shape index (κ2) is 13.1. The highest BCUT2D eigenvalue weighted by atomic mass is 16.5. The van der Waals surface area contributed by atoms with Gasteiger partial charge in [-0.15, -0.1) is 26.3 Å². The molecule has 0 spiro atoms. The molecule has 23 heavy (non-hydrogen) atoms. The zero-order chi connectivity index (χ0) is 18.4. The summed E-state index contributed by atoms with van der Waals surface area (Å²) in [6, 6.07) is 8.80. The molecule has 3 nitrogen and oxygen atoms in total. The maximum absolute atomic E-state index is 11.4. The van der Waals surface area contributed by atoms with Gasteiger partial charge in [0.05, 0.1) is 12.7 Å². The van der Waals surface area contributed by atoms with Gasteiger partial charge in [-0.3, -0.25) is 0 Å². The van der Waals surface area contributed by atoms with E-state index in [0.717, 1.165) is 22.8 Å². The van der Waals surface area contributed by atoms with Crippen LogP contribution in [0, 0.1) is 0 Å². The molecule has 2 rings (SSSR count). The van der Waals surface area contributed by atoms with Gasteiger partial charge in [0.15, 0.2) is 0 Å². The van der Waals surface area contributed by atoms with E-state index in [1.807, 2.05) is 26.8 Å². The van der Waals surface area contributed by atoms with Gasteiger partial charge in [-0.2, -0.15) is 0 Å². The number of fused-ring (bicyclic) bond motifs is 1. The van der Waals surface area contributed by atoms with Crippen molar-refractivity contribution in [1.82, 2.24) is 0 Å². The van der Waals surface area contributed by atoms with E-state index >= 15 is 0 Å². The average Bonchev–Trinajstić information content (AvgIpc) is 2.65. The molecule has 0 aliphatic heterocycles. The lowest BCUT2D eigenvalue weighted by Gasteiger charge is -2.08. The van der Waals surface area contributed by atoms with Gasteiger partial charge >= 0.3 is 5.97 Å². The minimum absolute atomic E-state index is 0.297. The van der Waals surface area contributed by atoms with Gasteiger partial charge in [-0.25, -0.2) is 4.79 Å². The van der Waals surface area contributed by atoms with Gasteiger partial charge in [-0.1, -0.05) is 32.9 Å². The Morgan fingerprint density at radius 1 is 1.09 bits per heavy atom. The molecule has 1 N–H and O–H groups in total. The molecule has 0 unspecified atom stereocenters. The van der Waals surface area contributed by atoms with E-state index in [9.17, 15) is 9.90 Å². The molecular weight excluding hydrogens is 288 g/mol. The molecule has 0 aliphatic carbocycles.